The molecule has 0 aliphatic carbocycles. The number of amides is 1. The molecular weight excluding hydrogens is 394 g/mol. The molecule has 8 nitrogen and oxygen atoms in total. The van der Waals surface area contributed by atoms with Gasteiger partial charge in [0.15, 0.2) is 5.96 Å². The first kappa shape index (κ1) is 24.9. The SMILES string of the molecule is CCNC(=NCC(c1ccc(C)cc1)N1CCOCC1)NCCNC(=O)OC(C)(C)C. The monoisotopic (exact) mass is 433 g/mol. The van der Waals surface area contributed by atoms with E-state index in [-0.39, 0.29) is 6.04 Å². The van der Waals surface area contributed by atoms with Crippen LogP contribution in [0.5, 0.6) is 0 Å². The van der Waals surface area contributed by atoms with Gasteiger partial charge in [0, 0.05) is 32.7 Å². The van der Waals surface area contributed by atoms with E-state index in [1.165, 1.54) is 11.1 Å². The Morgan fingerprint density at radius 1 is 1.13 bits per heavy atom. The maximum absolute atomic E-state index is 11.8. The second-order valence-corrected chi connectivity index (χ2v) is 8.65. The highest BCUT2D eigenvalue weighted by atomic mass is 16.6. The maximum atomic E-state index is 11.8. The number of nitrogens with zero attached hydrogens (tertiary/aromatic N) is 2. The van der Waals surface area contributed by atoms with Gasteiger partial charge in [0.2, 0.25) is 0 Å². The fourth-order valence-corrected chi connectivity index (χ4v) is 3.29. The largest absolute Gasteiger partial charge is 0.444 e. The Hall–Kier alpha value is -2.32. The van der Waals surface area contributed by atoms with Gasteiger partial charge < -0.3 is 25.4 Å². The zero-order valence-electron chi connectivity index (χ0n) is 19.7. The van der Waals surface area contributed by atoms with Crippen LogP contribution in [0.4, 0.5) is 4.79 Å². The summed E-state index contributed by atoms with van der Waals surface area (Å²) >= 11 is 0. The highest BCUT2D eigenvalue weighted by Crippen LogP contribution is 2.22. The van der Waals surface area contributed by atoms with Crippen LogP contribution in [-0.4, -0.2) is 75.0 Å². The molecule has 0 bridgehead atoms. The molecule has 0 radical (unpaired) electrons. The lowest BCUT2D eigenvalue weighted by atomic mass is 10.0. The number of carbonyl (C=O) groups excluding carboxylic acids is 1. The van der Waals surface area contributed by atoms with Crippen molar-refractivity contribution in [2.75, 3.05) is 52.5 Å². The predicted octanol–water partition coefficient (Wildman–Crippen LogP) is 2.45. The molecule has 0 saturated carbocycles. The fraction of sp³-hybridized carbons (Fsp3) is 0.652. The van der Waals surface area contributed by atoms with Gasteiger partial charge in [-0.2, -0.15) is 0 Å². The van der Waals surface area contributed by atoms with Crippen molar-refractivity contribution in [3.63, 3.8) is 0 Å². The number of guanidine groups is 1. The van der Waals surface area contributed by atoms with Gasteiger partial charge in [0.1, 0.15) is 5.60 Å². The first-order valence-corrected chi connectivity index (χ1v) is 11.2. The number of alkyl carbamates (subject to hydrolysis) is 1. The molecule has 1 unspecified atom stereocenters. The van der Waals surface area contributed by atoms with Crippen LogP contribution in [-0.2, 0) is 9.47 Å². The summed E-state index contributed by atoms with van der Waals surface area (Å²) in [6.45, 7) is 15.4. The molecule has 174 valence electrons. The normalized spacial score (nSPS) is 16.5. The molecule has 1 fully saturated rings. The van der Waals surface area contributed by atoms with Gasteiger partial charge in [0.05, 0.1) is 25.8 Å². The number of hydrogen-bond acceptors (Lipinski definition) is 5. The van der Waals surface area contributed by atoms with E-state index in [9.17, 15) is 4.79 Å². The molecular formula is C23H39N5O3. The van der Waals surface area contributed by atoms with Crippen molar-refractivity contribution in [3.8, 4) is 0 Å². The van der Waals surface area contributed by atoms with Crippen LogP contribution in [0.25, 0.3) is 0 Å². The third-order valence-corrected chi connectivity index (χ3v) is 4.80. The molecule has 1 aliphatic rings. The predicted molar refractivity (Wildman–Crippen MR) is 125 cm³/mol. The topological polar surface area (TPSA) is 87.2 Å². The number of morpholine rings is 1. The van der Waals surface area contributed by atoms with E-state index in [2.05, 4.69) is 52.0 Å². The summed E-state index contributed by atoms with van der Waals surface area (Å²) in [4.78, 5) is 19.0. The summed E-state index contributed by atoms with van der Waals surface area (Å²) in [5.74, 6) is 0.735. The van der Waals surface area contributed by atoms with E-state index < -0.39 is 11.7 Å². The molecule has 1 aliphatic heterocycles. The average molecular weight is 434 g/mol. The van der Waals surface area contributed by atoms with Crippen LogP contribution < -0.4 is 16.0 Å². The second-order valence-electron chi connectivity index (χ2n) is 8.65. The number of ether oxygens (including phenoxy) is 2. The third-order valence-electron chi connectivity index (χ3n) is 4.80. The Labute approximate surface area is 186 Å². The zero-order chi connectivity index (χ0) is 22.7. The lowest BCUT2D eigenvalue weighted by molar-refractivity contribution is 0.0179. The smallest absolute Gasteiger partial charge is 0.407 e. The van der Waals surface area contributed by atoms with Crippen molar-refractivity contribution in [2.24, 2.45) is 4.99 Å². The minimum atomic E-state index is -0.502. The molecule has 1 atom stereocenters. The van der Waals surface area contributed by atoms with Gasteiger partial charge in [-0.05, 0) is 40.2 Å². The average Bonchev–Trinajstić information content (AvgIpc) is 2.72. The molecule has 1 heterocycles. The molecule has 8 heteroatoms. The maximum Gasteiger partial charge on any atom is 0.407 e. The molecule has 1 aromatic carbocycles. The van der Waals surface area contributed by atoms with E-state index in [0.29, 0.717) is 19.6 Å². The summed E-state index contributed by atoms with van der Waals surface area (Å²) in [6, 6.07) is 8.88. The Kier molecular flexibility index (Phi) is 10.1. The molecule has 1 amide bonds. The number of aryl methyl sites for hydroxylation is 1. The van der Waals surface area contributed by atoms with Gasteiger partial charge >= 0.3 is 6.09 Å². The van der Waals surface area contributed by atoms with Crippen LogP contribution in [0.1, 0.15) is 44.9 Å². The second kappa shape index (κ2) is 12.5. The number of benzene rings is 1. The summed E-state index contributed by atoms with van der Waals surface area (Å²) in [5.41, 5.74) is 2.01. The van der Waals surface area contributed by atoms with Gasteiger partial charge in [-0.25, -0.2) is 4.79 Å². The highest BCUT2D eigenvalue weighted by molar-refractivity contribution is 5.79. The Morgan fingerprint density at radius 2 is 1.77 bits per heavy atom. The first-order valence-electron chi connectivity index (χ1n) is 11.2. The van der Waals surface area contributed by atoms with E-state index in [4.69, 9.17) is 14.5 Å². The summed E-state index contributed by atoms with van der Waals surface area (Å²) in [6.07, 6.45) is -0.414. The minimum absolute atomic E-state index is 0.194. The van der Waals surface area contributed by atoms with Crippen LogP contribution >= 0.6 is 0 Å². The number of carbonyl (C=O) groups is 1. The zero-order valence-corrected chi connectivity index (χ0v) is 19.7. The number of rotatable bonds is 8. The van der Waals surface area contributed by atoms with Gasteiger partial charge in [0.25, 0.3) is 0 Å². The van der Waals surface area contributed by atoms with E-state index >= 15 is 0 Å². The fourth-order valence-electron chi connectivity index (χ4n) is 3.29. The molecule has 0 spiro atoms. The lowest BCUT2D eigenvalue weighted by Crippen LogP contribution is -2.43. The van der Waals surface area contributed by atoms with E-state index in [1.54, 1.807) is 0 Å². The van der Waals surface area contributed by atoms with Crippen LogP contribution in [0.2, 0.25) is 0 Å². The number of aliphatic imine (C=N–C) groups is 1. The summed E-state index contributed by atoms with van der Waals surface area (Å²) < 4.78 is 10.8. The van der Waals surface area contributed by atoms with Crippen molar-refractivity contribution >= 4 is 12.1 Å². The summed E-state index contributed by atoms with van der Waals surface area (Å²) in [7, 11) is 0. The summed E-state index contributed by atoms with van der Waals surface area (Å²) in [5, 5.41) is 9.32. The number of hydrogen-bond donors (Lipinski definition) is 3. The van der Waals surface area contributed by atoms with Crippen LogP contribution in [0.15, 0.2) is 29.3 Å². The van der Waals surface area contributed by atoms with Crippen molar-refractivity contribution in [1.82, 2.24) is 20.9 Å². The van der Waals surface area contributed by atoms with Gasteiger partial charge in [-0.3, -0.25) is 9.89 Å². The third kappa shape index (κ3) is 9.57. The van der Waals surface area contributed by atoms with Crippen molar-refractivity contribution < 1.29 is 14.3 Å². The van der Waals surface area contributed by atoms with E-state index in [1.807, 2.05) is 27.7 Å². The van der Waals surface area contributed by atoms with Crippen molar-refractivity contribution in [2.45, 2.75) is 46.3 Å². The minimum Gasteiger partial charge on any atom is -0.444 e. The molecule has 1 aromatic rings. The van der Waals surface area contributed by atoms with Crippen molar-refractivity contribution in [3.05, 3.63) is 35.4 Å². The van der Waals surface area contributed by atoms with Gasteiger partial charge in [-0.1, -0.05) is 29.8 Å². The molecule has 1 saturated heterocycles. The van der Waals surface area contributed by atoms with Crippen molar-refractivity contribution in [1.29, 1.82) is 0 Å². The number of nitrogens with one attached hydrogen (secondary N) is 3. The van der Waals surface area contributed by atoms with E-state index in [0.717, 1.165) is 38.8 Å². The quantitative estimate of drug-likeness (QED) is 0.332. The van der Waals surface area contributed by atoms with Crippen LogP contribution in [0.3, 0.4) is 0 Å². The first-order chi connectivity index (χ1) is 14.8. The molecule has 0 aromatic heterocycles. The molecule has 31 heavy (non-hydrogen) atoms. The van der Waals surface area contributed by atoms with Crippen LogP contribution in [0, 0.1) is 6.92 Å². The lowest BCUT2D eigenvalue weighted by Gasteiger charge is -2.34. The molecule has 3 N–H and O–H groups in total. The highest BCUT2D eigenvalue weighted by Gasteiger charge is 2.22. The Bertz CT molecular complexity index is 694. The standard InChI is InChI=1S/C23H39N5O3/c1-6-24-21(25-11-12-26-22(29)31-23(3,4)5)27-17-20(28-13-15-30-16-14-28)19-9-7-18(2)8-10-19/h7-10,20H,6,11-17H2,1-5H3,(H,26,29)(H2,24,25,27). The molecule has 2 rings (SSSR count). The Balaban J connectivity index is 1.95. The Morgan fingerprint density at radius 3 is 2.39 bits per heavy atom. The van der Waals surface area contributed by atoms with Gasteiger partial charge in [-0.15, -0.1) is 0 Å².